The first-order valence-corrected chi connectivity index (χ1v) is 8.81. The number of aryl methyl sites for hydroxylation is 2. The smallest absolute Gasteiger partial charge is 0.256 e. The van der Waals surface area contributed by atoms with Crippen LogP contribution in [0.3, 0.4) is 0 Å². The molecule has 27 heavy (non-hydrogen) atoms. The van der Waals surface area contributed by atoms with E-state index in [1.165, 1.54) is 0 Å². The first-order valence-electron chi connectivity index (χ1n) is 8.81. The predicted molar refractivity (Wildman–Crippen MR) is 109 cm³/mol. The van der Waals surface area contributed by atoms with Crippen molar-refractivity contribution < 1.29 is 4.79 Å². The molecule has 2 heterocycles. The van der Waals surface area contributed by atoms with Gasteiger partial charge in [-0.15, -0.1) is 0 Å². The normalized spacial score (nSPS) is 10.7. The Morgan fingerprint density at radius 1 is 0.889 bits per heavy atom. The minimum absolute atomic E-state index is 0.155. The van der Waals surface area contributed by atoms with Gasteiger partial charge in [0.05, 0.1) is 22.5 Å². The van der Waals surface area contributed by atoms with Crippen LogP contribution in [0, 0.1) is 13.8 Å². The summed E-state index contributed by atoms with van der Waals surface area (Å²) in [6, 6.07) is 21.1. The lowest BCUT2D eigenvalue weighted by atomic mass is 10.0. The van der Waals surface area contributed by atoms with Crippen molar-refractivity contribution in [2.24, 2.45) is 0 Å². The van der Waals surface area contributed by atoms with Crippen LogP contribution in [0.1, 0.15) is 21.5 Å². The summed E-state index contributed by atoms with van der Waals surface area (Å²) in [5.41, 5.74) is 5.78. The SMILES string of the molecule is Cc1ccc(NC(=O)c2cc(-c3ccccn3)nc3ccccc23)c(C)c1. The summed E-state index contributed by atoms with van der Waals surface area (Å²) in [6.45, 7) is 4.03. The highest BCUT2D eigenvalue weighted by Crippen LogP contribution is 2.25. The molecule has 2 aromatic heterocycles. The molecule has 0 aliphatic rings. The molecule has 0 aliphatic carbocycles. The van der Waals surface area contributed by atoms with Gasteiger partial charge in [-0.25, -0.2) is 4.98 Å². The number of nitrogens with one attached hydrogen (secondary N) is 1. The first kappa shape index (κ1) is 16.9. The fraction of sp³-hybridized carbons (Fsp3) is 0.0870. The van der Waals surface area contributed by atoms with E-state index in [0.717, 1.165) is 33.4 Å². The van der Waals surface area contributed by atoms with Crippen LogP contribution in [-0.4, -0.2) is 15.9 Å². The molecule has 0 fully saturated rings. The maximum Gasteiger partial charge on any atom is 0.256 e. The average molecular weight is 353 g/mol. The molecule has 4 nitrogen and oxygen atoms in total. The molecular formula is C23H19N3O. The molecule has 0 saturated carbocycles. The fourth-order valence-corrected chi connectivity index (χ4v) is 3.15. The van der Waals surface area contributed by atoms with E-state index in [1.54, 1.807) is 6.20 Å². The van der Waals surface area contributed by atoms with Crippen molar-refractivity contribution in [3.8, 4) is 11.4 Å². The highest BCUT2D eigenvalue weighted by molar-refractivity contribution is 6.13. The Morgan fingerprint density at radius 2 is 1.70 bits per heavy atom. The highest BCUT2D eigenvalue weighted by atomic mass is 16.1. The second-order valence-electron chi connectivity index (χ2n) is 6.56. The molecule has 0 atom stereocenters. The van der Waals surface area contributed by atoms with Crippen molar-refractivity contribution in [3.63, 3.8) is 0 Å². The maximum atomic E-state index is 13.1. The van der Waals surface area contributed by atoms with Gasteiger partial charge in [-0.1, -0.05) is 42.0 Å². The molecular weight excluding hydrogens is 334 g/mol. The van der Waals surface area contributed by atoms with Crippen LogP contribution in [-0.2, 0) is 0 Å². The Morgan fingerprint density at radius 3 is 2.48 bits per heavy atom. The number of benzene rings is 2. The van der Waals surface area contributed by atoms with Gasteiger partial charge in [-0.2, -0.15) is 0 Å². The molecule has 0 aliphatic heterocycles. The molecule has 2 aromatic carbocycles. The van der Waals surface area contributed by atoms with Crippen molar-refractivity contribution >= 4 is 22.5 Å². The minimum Gasteiger partial charge on any atom is -0.322 e. The van der Waals surface area contributed by atoms with Gasteiger partial charge in [0.15, 0.2) is 0 Å². The van der Waals surface area contributed by atoms with Crippen LogP contribution < -0.4 is 5.32 Å². The molecule has 4 heteroatoms. The Kier molecular flexibility index (Phi) is 4.38. The zero-order valence-corrected chi connectivity index (χ0v) is 15.2. The number of hydrogen-bond donors (Lipinski definition) is 1. The number of rotatable bonds is 3. The first-order chi connectivity index (χ1) is 13.1. The van der Waals surface area contributed by atoms with Crippen LogP contribution in [0.2, 0.25) is 0 Å². The average Bonchev–Trinajstić information content (AvgIpc) is 2.70. The number of nitrogens with zero attached hydrogens (tertiary/aromatic N) is 2. The summed E-state index contributed by atoms with van der Waals surface area (Å²) in [4.78, 5) is 22.1. The number of amides is 1. The largest absolute Gasteiger partial charge is 0.322 e. The number of hydrogen-bond acceptors (Lipinski definition) is 3. The van der Waals surface area contributed by atoms with E-state index < -0.39 is 0 Å². The van der Waals surface area contributed by atoms with E-state index in [1.807, 2.05) is 74.5 Å². The topological polar surface area (TPSA) is 54.9 Å². The van der Waals surface area contributed by atoms with Gasteiger partial charge in [0.2, 0.25) is 0 Å². The number of fused-ring (bicyclic) bond motifs is 1. The third-order valence-corrected chi connectivity index (χ3v) is 4.52. The number of pyridine rings is 2. The molecule has 132 valence electrons. The van der Waals surface area contributed by atoms with E-state index in [0.29, 0.717) is 11.3 Å². The van der Waals surface area contributed by atoms with Crippen LogP contribution in [0.15, 0.2) is 72.9 Å². The van der Waals surface area contributed by atoms with Gasteiger partial charge in [0, 0.05) is 17.3 Å². The van der Waals surface area contributed by atoms with Gasteiger partial charge >= 0.3 is 0 Å². The van der Waals surface area contributed by atoms with Gasteiger partial charge in [0.1, 0.15) is 0 Å². The van der Waals surface area contributed by atoms with Crippen LogP contribution >= 0.6 is 0 Å². The van der Waals surface area contributed by atoms with Gasteiger partial charge in [0.25, 0.3) is 5.91 Å². The number of anilines is 1. The van der Waals surface area contributed by atoms with E-state index >= 15 is 0 Å². The molecule has 0 radical (unpaired) electrons. The summed E-state index contributed by atoms with van der Waals surface area (Å²) in [7, 11) is 0. The Balaban J connectivity index is 1.81. The molecule has 0 unspecified atom stereocenters. The van der Waals surface area contributed by atoms with Gasteiger partial charge in [-0.05, 0) is 49.7 Å². The molecule has 0 saturated heterocycles. The standard InChI is InChI=1S/C23H19N3O/c1-15-10-11-19(16(2)13-15)26-23(27)18-14-22(21-9-5-6-12-24-21)25-20-8-4-3-7-17(18)20/h3-14H,1-2H3,(H,26,27). The van der Waals surface area contributed by atoms with E-state index in [4.69, 9.17) is 0 Å². The van der Waals surface area contributed by atoms with Crippen molar-refractivity contribution in [2.45, 2.75) is 13.8 Å². The molecule has 0 spiro atoms. The molecule has 0 bridgehead atoms. The zero-order valence-electron chi connectivity index (χ0n) is 15.2. The zero-order chi connectivity index (χ0) is 18.8. The van der Waals surface area contributed by atoms with E-state index in [9.17, 15) is 4.79 Å². The Bertz CT molecular complexity index is 1140. The second kappa shape index (κ2) is 7.00. The van der Waals surface area contributed by atoms with Gasteiger partial charge in [-0.3, -0.25) is 9.78 Å². The third kappa shape index (κ3) is 3.42. The van der Waals surface area contributed by atoms with Crippen LogP contribution in [0.5, 0.6) is 0 Å². The number of carbonyl (C=O) groups excluding carboxylic acids is 1. The third-order valence-electron chi connectivity index (χ3n) is 4.52. The summed E-state index contributed by atoms with van der Waals surface area (Å²) < 4.78 is 0. The fourth-order valence-electron chi connectivity index (χ4n) is 3.15. The molecule has 1 N–H and O–H groups in total. The second-order valence-corrected chi connectivity index (χ2v) is 6.56. The van der Waals surface area contributed by atoms with E-state index in [-0.39, 0.29) is 5.91 Å². The molecule has 1 amide bonds. The lowest BCUT2D eigenvalue weighted by molar-refractivity contribution is 0.102. The van der Waals surface area contributed by atoms with Crippen molar-refractivity contribution in [2.75, 3.05) is 5.32 Å². The summed E-state index contributed by atoms with van der Waals surface area (Å²) in [5, 5.41) is 3.86. The number of carbonyl (C=O) groups is 1. The lowest BCUT2D eigenvalue weighted by Gasteiger charge is -2.12. The Hall–Kier alpha value is -3.53. The molecule has 4 aromatic rings. The minimum atomic E-state index is -0.155. The maximum absolute atomic E-state index is 13.1. The Labute approximate surface area is 157 Å². The quantitative estimate of drug-likeness (QED) is 0.553. The van der Waals surface area contributed by atoms with Gasteiger partial charge < -0.3 is 5.32 Å². The van der Waals surface area contributed by atoms with Crippen molar-refractivity contribution in [3.05, 3.63) is 89.6 Å². The van der Waals surface area contributed by atoms with E-state index in [2.05, 4.69) is 21.4 Å². The number of para-hydroxylation sites is 1. The van der Waals surface area contributed by atoms with Crippen molar-refractivity contribution in [1.29, 1.82) is 0 Å². The summed E-state index contributed by atoms with van der Waals surface area (Å²) in [5.74, 6) is -0.155. The lowest BCUT2D eigenvalue weighted by Crippen LogP contribution is -2.14. The monoisotopic (exact) mass is 353 g/mol. The highest BCUT2D eigenvalue weighted by Gasteiger charge is 2.15. The molecule has 4 rings (SSSR count). The van der Waals surface area contributed by atoms with Crippen LogP contribution in [0.25, 0.3) is 22.3 Å². The number of aromatic nitrogens is 2. The summed E-state index contributed by atoms with van der Waals surface area (Å²) >= 11 is 0. The predicted octanol–water partition coefficient (Wildman–Crippen LogP) is 5.17. The van der Waals surface area contributed by atoms with Crippen molar-refractivity contribution in [1.82, 2.24) is 9.97 Å². The van der Waals surface area contributed by atoms with Crippen LogP contribution in [0.4, 0.5) is 5.69 Å². The summed E-state index contributed by atoms with van der Waals surface area (Å²) in [6.07, 6.45) is 1.72.